The normalized spacial score (nSPS) is 24.6. The maximum atomic E-state index is 4.35. The average molecular weight is 178 g/mol. The van der Waals surface area contributed by atoms with Crippen molar-refractivity contribution >= 4 is 9.29 Å². The van der Waals surface area contributed by atoms with Gasteiger partial charge in [-0.1, -0.05) is 11.7 Å². The number of aromatic nitrogens is 1. The molecule has 0 spiro atoms. The topological polar surface area (TPSA) is 16.1 Å². The van der Waals surface area contributed by atoms with E-state index >= 15 is 0 Å². The molecule has 1 aliphatic heterocycles. The zero-order valence-corrected chi connectivity index (χ0v) is 8.56. The first-order valence-corrected chi connectivity index (χ1v) is 5.66. The van der Waals surface area contributed by atoms with Crippen molar-refractivity contribution in [2.24, 2.45) is 0 Å². The van der Waals surface area contributed by atoms with Gasteiger partial charge in [0.2, 0.25) is 0 Å². The fourth-order valence-electron chi connectivity index (χ4n) is 1.90. The Morgan fingerprint density at radius 3 is 3.17 bits per heavy atom. The number of rotatable bonds is 1. The van der Waals surface area contributed by atoms with Crippen molar-refractivity contribution in [2.75, 3.05) is 13.6 Å². The monoisotopic (exact) mass is 178 g/mol. The van der Waals surface area contributed by atoms with E-state index in [4.69, 9.17) is 0 Å². The minimum atomic E-state index is 0.214. The second-order valence-corrected chi connectivity index (χ2v) is 4.41. The first kappa shape index (κ1) is 8.07. The fraction of sp³-hybridized carbons (Fsp3) is 0.556. The predicted molar refractivity (Wildman–Crippen MR) is 51.6 cm³/mol. The van der Waals surface area contributed by atoms with E-state index in [1.54, 1.807) is 0 Å². The van der Waals surface area contributed by atoms with Crippen LogP contribution in [0.4, 0.5) is 0 Å². The van der Waals surface area contributed by atoms with Gasteiger partial charge >= 0.3 is 0 Å². The van der Waals surface area contributed by atoms with Gasteiger partial charge in [-0.15, -0.1) is 0 Å². The second kappa shape index (κ2) is 3.45. The zero-order chi connectivity index (χ0) is 8.39. The van der Waals surface area contributed by atoms with Gasteiger partial charge in [0, 0.05) is 12.2 Å². The Morgan fingerprint density at radius 1 is 1.67 bits per heavy atom. The standard InChI is InChI=1S/C9H14N2Si/c1-11-5-2-3-9(11)8-4-6-12-10-7-8/h4,6-7,9,12H,2-3,5H2,1H3. The molecule has 1 saturated heterocycles. The van der Waals surface area contributed by atoms with E-state index in [1.165, 1.54) is 24.9 Å². The molecular weight excluding hydrogens is 164 g/mol. The molecule has 1 aliphatic rings. The zero-order valence-electron chi connectivity index (χ0n) is 7.40. The molecule has 1 aromatic rings. The highest BCUT2D eigenvalue weighted by Crippen LogP contribution is 2.28. The van der Waals surface area contributed by atoms with Gasteiger partial charge in [-0.05, 0) is 32.0 Å². The molecule has 0 aromatic carbocycles. The van der Waals surface area contributed by atoms with E-state index in [-0.39, 0.29) is 9.29 Å². The maximum Gasteiger partial charge on any atom is 0.139 e. The molecule has 3 heteroatoms. The second-order valence-electron chi connectivity index (χ2n) is 3.42. The van der Waals surface area contributed by atoms with Crippen molar-refractivity contribution in [1.29, 1.82) is 0 Å². The van der Waals surface area contributed by atoms with Gasteiger partial charge in [0.05, 0.1) is 0 Å². The number of hydrogen-bond donors (Lipinski definition) is 0. The molecule has 0 bridgehead atoms. The lowest BCUT2D eigenvalue weighted by atomic mass is 10.1. The lowest BCUT2D eigenvalue weighted by Crippen LogP contribution is -2.17. The van der Waals surface area contributed by atoms with Crippen LogP contribution in [0.3, 0.4) is 0 Å². The van der Waals surface area contributed by atoms with Crippen LogP contribution in [0, 0.1) is 0 Å². The van der Waals surface area contributed by atoms with Gasteiger partial charge in [0.1, 0.15) is 9.29 Å². The van der Waals surface area contributed by atoms with Gasteiger partial charge in [0.25, 0.3) is 0 Å². The van der Waals surface area contributed by atoms with E-state index in [2.05, 4.69) is 34.5 Å². The third-order valence-electron chi connectivity index (χ3n) is 2.59. The maximum absolute atomic E-state index is 4.35. The van der Waals surface area contributed by atoms with E-state index < -0.39 is 0 Å². The van der Waals surface area contributed by atoms with Crippen molar-refractivity contribution in [3.8, 4) is 0 Å². The van der Waals surface area contributed by atoms with Crippen molar-refractivity contribution in [2.45, 2.75) is 18.9 Å². The van der Waals surface area contributed by atoms with Crippen molar-refractivity contribution in [3.63, 3.8) is 0 Å². The molecule has 2 nitrogen and oxygen atoms in total. The third-order valence-corrected chi connectivity index (χ3v) is 3.28. The van der Waals surface area contributed by atoms with Crippen LogP contribution in [-0.4, -0.2) is 32.4 Å². The van der Waals surface area contributed by atoms with Gasteiger partial charge in [0.15, 0.2) is 0 Å². The summed E-state index contributed by atoms with van der Waals surface area (Å²) in [7, 11) is 2.42. The van der Waals surface area contributed by atoms with Crippen LogP contribution in [-0.2, 0) is 0 Å². The molecule has 0 N–H and O–H groups in total. The van der Waals surface area contributed by atoms with E-state index in [0.717, 1.165) is 0 Å². The Bertz CT molecular complexity index is 250. The van der Waals surface area contributed by atoms with Gasteiger partial charge in [-0.3, -0.25) is 4.90 Å². The summed E-state index contributed by atoms with van der Waals surface area (Å²) in [5.74, 6) is 0. The summed E-state index contributed by atoms with van der Waals surface area (Å²) in [5.41, 5.74) is 3.63. The first-order chi connectivity index (χ1) is 5.88. The third kappa shape index (κ3) is 1.47. The highest BCUT2D eigenvalue weighted by Gasteiger charge is 2.21. The molecule has 2 heterocycles. The van der Waals surface area contributed by atoms with Crippen molar-refractivity contribution in [1.82, 2.24) is 9.54 Å². The highest BCUT2D eigenvalue weighted by molar-refractivity contribution is 6.20. The average Bonchev–Trinajstić information content (AvgIpc) is 2.53. The number of likely N-dealkylation sites (tertiary alicyclic amines) is 1. The van der Waals surface area contributed by atoms with Gasteiger partial charge in [-0.2, -0.15) is 0 Å². The van der Waals surface area contributed by atoms with Crippen LogP contribution in [0.2, 0.25) is 0 Å². The van der Waals surface area contributed by atoms with Crippen molar-refractivity contribution in [3.05, 3.63) is 23.5 Å². The predicted octanol–water partition coefficient (Wildman–Crippen LogP) is 0.919. The summed E-state index contributed by atoms with van der Waals surface area (Å²) in [5, 5.41) is 0. The molecule has 0 radical (unpaired) electrons. The van der Waals surface area contributed by atoms with Crippen LogP contribution in [0.1, 0.15) is 24.4 Å². The molecule has 2 rings (SSSR count). The molecule has 0 aliphatic carbocycles. The van der Waals surface area contributed by atoms with Crippen LogP contribution >= 0.6 is 0 Å². The molecule has 1 fully saturated rings. The SMILES string of the molecule is CN1CCCC1c1cc[siH]nc1. The minimum Gasteiger partial charge on any atom is -0.309 e. The molecule has 0 saturated carbocycles. The fourth-order valence-corrected chi connectivity index (χ4v) is 2.57. The molecule has 1 unspecified atom stereocenters. The van der Waals surface area contributed by atoms with Crippen LogP contribution < -0.4 is 0 Å². The summed E-state index contributed by atoms with van der Waals surface area (Å²) >= 11 is 0. The number of nitrogens with zero attached hydrogens (tertiary/aromatic N) is 2. The highest BCUT2D eigenvalue weighted by atomic mass is 28.2. The molecule has 0 amide bonds. The summed E-state index contributed by atoms with van der Waals surface area (Å²) in [6.07, 6.45) is 4.71. The summed E-state index contributed by atoms with van der Waals surface area (Å²) in [6.45, 7) is 1.24. The van der Waals surface area contributed by atoms with E-state index in [9.17, 15) is 0 Å². The molecular formula is C9H14N2Si. The summed E-state index contributed by atoms with van der Waals surface area (Å²) in [6, 6.07) is 2.90. The lowest BCUT2D eigenvalue weighted by molar-refractivity contribution is 0.317. The van der Waals surface area contributed by atoms with Gasteiger partial charge in [-0.25, -0.2) is 0 Å². The molecule has 12 heavy (non-hydrogen) atoms. The molecule has 1 aromatic heterocycles. The van der Waals surface area contributed by atoms with E-state index in [0.29, 0.717) is 6.04 Å². The molecule has 1 atom stereocenters. The van der Waals surface area contributed by atoms with Crippen LogP contribution in [0.15, 0.2) is 17.9 Å². The lowest BCUT2D eigenvalue weighted by Gasteiger charge is -2.18. The molecule has 64 valence electrons. The van der Waals surface area contributed by atoms with Gasteiger partial charge < -0.3 is 4.64 Å². The summed E-state index contributed by atoms with van der Waals surface area (Å²) in [4.78, 5) is 2.42. The quantitative estimate of drug-likeness (QED) is 0.594. The Hall–Kier alpha value is -0.543. The number of hydrogen-bond acceptors (Lipinski definition) is 2. The Morgan fingerprint density at radius 2 is 2.58 bits per heavy atom. The summed E-state index contributed by atoms with van der Waals surface area (Å²) < 4.78 is 4.35. The Kier molecular flexibility index (Phi) is 2.32. The minimum absolute atomic E-state index is 0.214. The van der Waals surface area contributed by atoms with Crippen LogP contribution in [0.25, 0.3) is 0 Å². The Balaban J connectivity index is 2.19. The van der Waals surface area contributed by atoms with Crippen LogP contribution in [0.5, 0.6) is 0 Å². The smallest absolute Gasteiger partial charge is 0.139 e. The Labute approximate surface area is 75.5 Å². The van der Waals surface area contributed by atoms with Crippen molar-refractivity contribution < 1.29 is 0 Å². The van der Waals surface area contributed by atoms with E-state index in [1.807, 2.05) is 0 Å². The first-order valence-electron chi connectivity index (χ1n) is 4.48. The largest absolute Gasteiger partial charge is 0.309 e.